The van der Waals surface area contributed by atoms with Crippen LogP contribution in [0.5, 0.6) is 0 Å². The van der Waals surface area contributed by atoms with E-state index < -0.39 is 76.5 Å². The molecule has 13 nitrogen and oxygen atoms in total. The van der Waals surface area contributed by atoms with Gasteiger partial charge >= 0.3 is 19.8 Å². The van der Waals surface area contributed by atoms with Crippen LogP contribution in [0.3, 0.4) is 0 Å². The number of ether oxygens (including phenoxy) is 2. The van der Waals surface area contributed by atoms with Crippen molar-refractivity contribution in [3.8, 4) is 0 Å². The van der Waals surface area contributed by atoms with Crippen LogP contribution in [0, 0.1) is 11.8 Å². The van der Waals surface area contributed by atoms with Gasteiger partial charge in [0.05, 0.1) is 32.0 Å². The van der Waals surface area contributed by atoms with Crippen LogP contribution in [-0.4, -0.2) is 93.9 Å². The average Bonchev–Trinajstić information content (AvgIpc) is 3.44. The summed E-state index contributed by atoms with van der Waals surface area (Å²) in [5, 5.41) is 39.0. The molecule has 56 heavy (non-hydrogen) atoms. The number of phosphoric ester groups is 1. The fraction of sp³-hybridized carbons (Fsp3) is 0.833. The maximum atomic E-state index is 12.6. The predicted octanol–water partition coefficient (Wildman–Crippen LogP) is 7.59. The van der Waals surface area contributed by atoms with Crippen LogP contribution in [-0.2, 0) is 37.5 Å². The third kappa shape index (κ3) is 26.9. The highest BCUT2D eigenvalue weighted by Crippen LogP contribution is 2.43. The van der Waals surface area contributed by atoms with Gasteiger partial charge in [0, 0.05) is 31.1 Å². The molecular weight excluding hydrogens is 743 g/mol. The summed E-state index contributed by atoms with van der Waals surface area (Å²) >= 11 is 0. The van der Waals surface area contributed by atoms with Crippen LogP contribution >= 0.6 is 7.82 Å². The van der Waals surface area contributed by atoms with Crippen molar-refractivity contribution in [1.82, 2.24) is 0 Å². The van der Waals surface area contributed by atoms with Crippen LogP contribution in [0.2, 0.25) is 0 Å². The highest BCUT2D eigenvalue weighted by Gasteiger charge is 2.39. The lowest BCUT2D eigenvalue weighted by Gasteiger charge is -2.20. The van der Waals surface area contributed by atoms with E-state index >= 15 is 0 Å². The number of aliphatic hydroxyl groups is 4. The number of aliphatic hydroxyl groups excluding tert-OH is 4. The molecule has 0 heterocycles. The second-order valence-electron chi connectivity index (χ2n) is 15.2. The Hall–Kier alpha value is -1.96. The Kier molecular flexibility index (Phi) is 30.6. The lowest BCUT2D eigenvalue weighted by Crippen LogP contribution is -2.29. The van der Waals surface area contributed by atoms with Crippen molar-refractivity contribution >= 4 is 25.5 Å². The Morgan fingerprint density at radius 2 is 1.36 bits per heavy atom. The van der Waals surface area contributed by atoms with E-state index in [1.807, 2.05) is 12.2 Å². The molecule has 1 saturated carbocycles. The summed E-state index contributed by atoms with van der Waals surface area (Å²) in [7, 11) is -4.68. The Bertz CT molecular complexity index is 1150. The van der Waals surface area contributed by atoms with E-state index in [9.17, 15) is 39.2 Å². The number of phosphoric acid groups is 1. The topological polar surface area (TPSA) is 206 Å². The van der Waals surface area contributed by atoms with Crippen LogP contribution in [0.25, 0.3) is 0 Å². The third-order valence-corrected chi connectivity index (χ3v) is 10.9. The largest absolute Gasteiger partial charge is 0.472 e. The van der Waals surface area contributed by atoms with Crippen LogP contribution < -0.4 is 0 Å². The van der Waals surface area contributed by atoms with E-state index in [1.54, 1.807) is 12.2 Å². The number of allylic oxidation sites excluding steroid dienone is 3. The quantitative estimate of drug-likeness (QED) is 0.0179. The summed E-state index contributed by atoms with van der Waals surface area (Å²) in [6.45, 7) is 1.97. The highest BCUT2D eigenvalue weighted by molar-refractivity contribution is 7.47. The first kappa shape index (κ1) is 52.1. The van der Waals surface area contributed by atoms with Gasteiger partial charge < -0.3 is 34.8 Å². The van der Waals surface area contributed by atoms with E-state index in [2.05, 4.69) is 18.4 Å². The number of unbranched alkanes of at least 4 members (excludes halogenated alkanes) is 15. The molecule has 0 aromatic carbocycles. The summed E-state index contributed by atoms with van der Waals surface area (Å²) in [5.74, 6) is -1.90. The molecule has 0 saturated heterocycles. The lowest BCUT2D eigenvalue weighted by molar-refractivity contribution is -0.161. The molecule has 1 rings (SSSR count). The van der Waals surface area contributed by atoms with Crippen LogP contribution in [0.1, 0.15) is 162 Å². The summed E-state index contributed by atoms with van der Waals surface area (Å²) in [6, 6.07) is 0. The molecule has 0 spiro atoms. The first-order chi connectivity index (χ1) is 26.9. The number of esters is 2. The van der Waals surface area contributed by atoms with Gasteiger partial charge in [0.1, 0.15) is 18.5 Å². The molecule has 14 heteroatoms. The SMILES string of the molecule is CCCCCCCCCCCCCCCC(=O)O[C@H](COC(=O)CCC/C=C\C[C@H]1[C@@H](O)CC(=O)[C@@H]1/C=C/[C@@H](O)CCCCC)COP(=O)(O)OC[C@@H](O)CO. The summed E-state index contributed by atoms with van der Waals surface area (Å²) in [4.78, 5) is 47.6. The molecule has 0 aromatic heterocycles. The maximum Gasteiger partial charge on any atom is 0.472 e. The number of ketones is 1. The summed E-state index contributed by atoms with van der Waals surface area (Å²) < 4.78 is 32.6. The zero-order valence-electron chi connectivity index (χ0n) is 34.3. The van der Waals surface area contributed by atoms with E-state index in [0.717, 1.165) is 38.5 Å². The Morgan fingerprint density at radius 1 is 0.786 bits per heavy atom. The van der Waals surface area contributed by atoms with E-state index in [0.29, 0.717) is 32.1 Å². The molecule has 0 amide bonds. The first-order valence-electron chi connectivity index (χ1n) is 21.4. The summed E-state index contributed by atoms with van der Waals surface area (Å²) in [6.07, 6.45) is 23.7. The van der Waals surface area contributed by atoms with Crippen molar-refractivity contribution in [1.29, 1.82) is 0 Å². The molecule has 0 bridgehead atoms. The molecule has 1 unspecified atom stereocenters. The van der Waals surface area contributed by atoms with Gasteiger partial charge in [-0.05, 0) is 32.1 Å². The van der Waals surface area contributed by atoms with E-state index in [-0.39, 0.29) is 31.0 Å². The lowest BCUT2D eigenvalue weighted by atomic mass is 9.90. The Labute approximate surface area is 336 Å². The zero-order valence-corrected chi connectivity index (χ0v) is 35.2. The van der Waals surface area contributed by atoms with Gasteiger partial charge in [-0.2, -0.15) is 0 Å². The first-order valence-corrected chi connectivity index (χ1v) is 22.9. The van der Waals surface area contributed by atoms with E-state index in [1.165, 1.54) is 57.8 Å². The van der Waals surface area contributed by atoms with E-state index in [4.69, 9.17) is 19.1 Å². The second kappa shape index (κ2) is 32.9. The molecule has 1 fully saturated rings. The monoisotopic (exact) mass is 818 g/mol. The van der Waals surface area contributed by atoms with Crippen LogP contribution in [0.15, 0.2) is 24.3 Å². The minimum Gasteiger partial charge on any atom is -0.462 e. The minimum absolute atomic E-state index is 0.0422. The molecule has 0 radical (unpaired) electrons. The van der Waals surface area contributed by atoms with Gasteiger partial charge in [0.2, 0.25) is 0 Å². The second-order valence-corrected chi connectivity index (χ2v) is 16.6. The van der Waals surface area contributed by atoms with Crippen molar-refractivity contribution in [2.75, 3.05) is 26.4 Å². The van der Waals surface area contributed by atoms with Crippen molar-refractivity contribution in [2.45, 2.75) is 186 Å². The number of Topliss-reactive ketones (excluding diaryl/α,β-unsaturated/α-hetero) is 1. The van der Waals surface area contributed by atoms with Gasteiger partial charge in [0.25, 0.3) is 0 Å². The Balaban J connectivity index is 2.49. The smallest absolute Gasteiger partial charge is 0.462 e. The minimum atomic E-state index is -4.68. The fourth-order valence-corrected chi connectivity index (χ4v) is 7.35. The summed E-state index contributed by atoms with van der Waals surface area (Å²) in [5.41, 5.74) is 0. The molecule has 1 aliphatic carbocycles. The van der Waals surface area contributed by atoms with Gasteiger partial charge in [-0.1, -0.05) is 134 Å². The van der Waals surface area contributed by atoms with Gasteiger partial charge in [-0.3, -0.25) is 23.4 Å². The average molecular weight is 819 g/mol. The standard InChI is InChI=1S/C42H75O13P/c1-3-5-7-8-9-10-11-12-13-14-15-16-22-26-42(49)55-36(33-54-56(50,51)53-31-35(45)30-43)32-52-41(48)25-21-18-17-20-24-37-38(40(47)29-39(37)46)28-27-34(44)23-19-6-4-2/h17,20,27-28,34-39,43-46H,3-16,18-19,21-26,29-33H2,1-2H3,(H,50,51)/b20-17-,28-27+/t34-,35-,36+,37+,38+,39-/m0/s1. The molecule has 7 atom stereocenters. The molecule has 326 valence electrons. The van der Waals surface area contributed by atoms with Crippen molar-refractivity contribution in [3.63, 3.8) is 0 Å². The van der Waals surface area contributed by atoms with Crippen molar-refractivity contribution in [3.05, 3.63) is 24.3 Å². The predicted molar refractivity (Wildman–Crippen MR) is 215 cm³/mol. The molecule has 1 aliphatic rings. The molecule has 5 N–H and O–H groups in total. The number of hydrogen-bond donors (Lipinski definition) is 5. The number of rotatable bonds is 36. The highest BCUT2D eigenvalue weighted by atomic mass is 31.2. The third-order valence-electron chi connectivity index (χ3n) is 9.99. The Morgan fingerprint density at radius 3 is 1.98 bits per heavy atom. The molecule has 0 aromatic rings. The fourth-order valence-electron chi connectivity index (χ4n) is 6.56. The van der Waals surface area contributed by atoms with Gasteiger partial charge in [-0.15, -0.1) is 0 Å². The maximum absolute atomic E-state index is 12.6. The zero-order chi connectivity index (χ0) is 41.4. The van der Waals surface area contributed by atoms with Crippen LogP contribution in [0.4, 0.5) is 0 Å². The number of carbonyl (C=O) groups is 3. The molecule has 0 aliphatic heterocycles. The molecular formula is C42H75O13P. The van der Waals surface area contributed by atoms with Gasteiger partial charge in [-0.25, -0.2) is 4.57 Å². The van der Waals surface area contributed by atoms with Gasteiger partial charge in [0.15, 0.2) is 6.10 Å². The van der Waals surface area contributed by atoms with Crippen molar-refractivity contribution < 1.29 is 62.8 Å². The number of hydrogen-bond acceptors (Lipinski definition) is 12. The normalized spacial score (nSPS) is 20.1. The number of carbonyl (C=O) groups excluding carboxylic acids is 3. The van der Waals surface area contributed by atoms with Crippen molar-refractivity contribution in [2.24, 2.45) is 11.8 Å².